The first kappa shape index (κ1) is 49.8. The number of benzene rings is 4. The molecule has 0 heteroatoms. The van der Waals surface area contributed by atoms with E-state index in [1.165, 1.54) is 131 Å². The topological polar surface area (TPSA) is 0 Å². The molecule has 4 aromatic carbocycles. The molecule has 0 amide bonds. The van der Waals surface area contributed by atoms with Crippen LogP contribution in [0.15, 0.2) is 96.6 Å². The number of hydrogen-bond donors (Lipinski definition) is 0. The van der Waals surface area contributed by atoms with E-state index in [9.17, 15) is 0 Å². The summed E-state index contributed by atoms with van der Waals surface area (Å²) in [7, 11) is 0. The Morgan fingerprint density at radius 1 is 0.590 bits per heavy atom. The van der Waals surface area contributed by atoms with Gasteiger partial charge >= 0.3 is 0 Å². The van der Waals surface area contributed by atoms with Crippen molar-refractivity contribution >= 4 is 22.3 Å². The average Bonchev–Trinajstić information content (AvgIpc) is 3.23. The van der Waals surface area contributed by atoms with Crippen LogP contribution in [0.3, 0.4) is 0 Å². The smallest absolute Gasteiger partial charge is 0.0105 e. The Morgan fingerprint density at radius 3 is 1.49 bits per heavy atom. The number of allylic oxidation sites excluding steroid dienone is 4. The lowest BCUT2D eigenvalue weighted by molar-refractivity contribution is 0.590. The van der Waals surface area contributed by atoms with Gasteiger partial charge in [0.2, 0.25) is 0 Å². The number of rotatable bonds is 13. The summed E-state index contributed by atoms with van der Waals surface area (Å²) >= 11 is 0. The van der Waals surface area contributed by atoms with Gasteiger partial charge in [0.1, 0.15) is 0 Å². The molecule has 0 N–H and O–H groups in total. The lowest BCUT2D eigenvalue weighted by Crippen LogP contribution is -2.38. The molecule has 0 aromatic heterocycles. The van der Waals surface area contributed by atoms with E-state index in [1.54, 1.807) is 22.3 Å². The van der Waals surface area contributed by atoms with Crippen LogP contribution in [0.1, 0.15) is 209 Å². The summed E-state index contributed by atoms with van der Waals surface area (Å²) in [6, 6.07) is 32.4. The Kier molecular flexibility index (Phi) is 19.2. The molecule has 330 valence electrons. The van der Waals surface area contributed by atoms with Gasteiger partial charge in [0.05, 0.1) is 0 Å². The molecule has 0 spiro atoms. The molecule has 0 bridgehead atoms. The predicted octanol–water partition coefficient (Wildman–Crippen LogP) is 18.0. The molecule has 2 aliphatic rings. The van der Waals surface area contributed by atoms with Crippen molar-refractivity contribution in [3.05, 3.63) is 129 Å². The Labute approximate surface area is 375 Å². The Hall–Kier alpha value is -3.90. The van der Waals surface area contributed by atoms with Crippen LogP contribution in [-0.2, 0) is 10.8 Å². The van der Waals surface area contributed by atoms with Gasteiger partial charge in [-0.15, -0.1) is 0 Å². The largest absolute Gasteiger partial charge is 0.0813 e. The summed E-state index contributed by atoms with van der Waals surface area (Å²) in [6.45, 7) is 32.0. The van der Waals surface area contributed by atoms with Crippen LogP contribution >= 0.6 is 0 Å². The molecule has 0 nitrogen and oxygen atoms in total. The monoisotopic (exact) mass is 819 g/mol. The SMILES string of the molecule is CC/C=C(\C)c1ccccc1C(CCCC)=C1CCC1.CCC1=c2c(-c3ccc(C(C)(C)C)cc3)ccc(-c3ccc(C(C)(C)C)cc3)c2=C(CC)C(C)C1.CCCCCC. The van der Waals surface area contributed by atoms with Crippen LogP contribution in [0.2, 0.25) is 0 Å². The van der Waals surface area contributed by atoms with E-state index >= 15 is 0 Å². The maximum Gasteiger partial charge on any atom is -0.0105 e. The van der Waals surface area contributed by atoms with Gasteiger partial charge in [-0.3, -0.25) is 0 Å². The van der Waals surface area contributed by atoms with Gasteiger partial charge < -0.3 is 0 Å². The van der Waals surface area contributed by atoms with Crippen molar-refractivity contribution in [1.82, 2.24) is 0 Å². The molecule has 1 saturated carbocycles. The molecular weight excluding hydrogens is 733 g/mol. The van der Waals surface area contributed by atoms with Crippen LogP contribution in [0.4, 0.5) is 0 Å². The standard InChI is InChI=1S/C35H44.C20H28.C6H14/c1-10-24-22-23(3)29(11-2)33-31(26-14-18-28(19-15-26)35(7,8)9)21-20-30(32(24)33)25-12-16-27(17-13-25)34(4,5)6;1-4-6-13-19(17-11-9-12-17)20-15-8-7-14-18(20)16(3)10-5-2;1-3-5-6-4-2/h12-21,23H,10-11,22H2,1-9H3;7-8,10,14-15H,4-6,9,11-13H2,1-3H3;3-6H2,1-2H3/b;16-10+;. The molecule has 1 atom stereocenters. The molecule has 0 radical (unpaired) electrons. The first-order valence-electron chi connectivity index (χ1n) is 24.7. The van der Waals surface area contributed by atoms with Gasteiger partial charge in [0, 0.05) is 0 Å². The number of hydrogen-bond acceptors (Lipinski definition) is 0. The molecule has 0 aliphatic heterocycles. The number of unbranched alkanes of at least 4 members (excludes halogenated alkanes) is 4. The van der Waals surface area contributed by atoms with Crippen molar-refractivity contribution in [2.75, 3.05) is 0 Å². The lowest BCUT2D eigenvalue weighted by atomic mass is 9.78. The third-order valence-electron chi connectivity index (χ3n) is 13.3. The minimum Gasteiger partial charge on any atom is -0.0813 e. The third-order valence-corrected chi connectivity index (χ3v) is 13.3. The molecular formula is C61H86. The molecule has 4 aromatic rings. The minimum atomic E-state index is 0.166. The molecule has 0 heterocycles. The van der Waals surface area contributed by atoms with Crippen LogP contribution in [0, 0.1) is 5.92 Å². The van der Waals surface area contributed by atoms with Crippen LogP contribution in [-0.4, -0.2) is 0 Å². The highest BCUT2D eigenvalue weighted by Gasteiger charge is 2.23. The second-order valence-corrected chi connectivity index (χ2v) is 20.1. The summed E-state index contributed by atoms with van der Waals surface area (Å²) in [5.74, 6) is 0.591. The zero-order chi connectivity index (χ0) is 44.7. The second-order valence-electron chi connectivity index (χ2n) is 20.1. The Morgan fingerprint density at radius 2 is 1.08 bits per heavy atom. The van der Waals surface area contributed by atoms with Crippen molar-refractivity contribution in [3.8, 4) is 22.3 Å². The fourth-order valence-electron chi connectivity index (χ4n) is 9.29. The van der Waals surface area contributed by atoms with Gasteiger partial charge in [-0.25, -0.2) is 0 Å². The number of fused-ring (bicyclic) bond motifs is 1. The summed E-state index contributed by atoms with van der Waals surface area (Å²) in [4.78, 5) is 0. The van der Waals surface area contributed by atoms with Crippen molar-refractivity contribution in [2.24, 2.45) is 5.92 Å². The molecule has 61 heavy (non-hydrogen) atoms. The fraction of sp³-hybridized carbons (Fsp3) is 0.508. The quantitative estimate of drug-likeness (QED) is 0.118. The molecule has 1 fully saturated rings. The van der Waals surface area contributed by atoms with Crippen LogP contribution < -0.4 is 10.4 Å². The minimum absolute atomic E-state index is 0.166. The third kappa shape index (κ3) is 13.1. The van der Waals surface area contributed by atoms with Gasteiger partial charge in [-0.2, -0.15) is 0 Å². The molecule has 0 saturated heterocycles. The zero-order valence-electron chi connectivity index (χ0n) is 41.6. The normalized spacial score (nSPS) is 15.3. The van der Waals surface area contributed by atoms with E-state index in [0.29, 0.717) is 5.92 Å². The Balaban J connectivity index is 0.000000264. The summed E-state index contributed by atoms with van der Waals surface area (Å²) in [5, 5.41) is 3.01. The van der Waals surface area contributed by atoms with Crippen molar-refractivity contribution in [2.45, 2.75) is 198 Å². The highest BCUT2D eigenvalue weighted by Crippen LogP contribution is 2.39. The van der Waals surface area contributed by atoms with E-state index in [4.69, 9.17) is 0 Å². The van der Waals surface area contributed by atoms with Crippen LogP contribution in [0.5, 0.6) is 0 Å². The molecule has 2 aliphatic carbocycles. The maximum absolute atomic E-state index is 2.43. The Bertz CT molecular complexity index is 2160. The van der Waals surface area contributed by atoms with Gasteiger partial charge in [-0.1, -0.05) is 230 Å². The summed E-state index contributed by atoms with van der Waals surface area (Å²) in [5.41, 5.74) is 19.5. The average molecular weight is 819 g/mol. The predicted molar refractivity (Wildman–Crippen MR) is 276 cm³/mol. The maximum atomic E-state index is 2.43. The highest BCUT2D eigenvalue weighted by molar-refractivity contribution is 5.81. The second kappa shape index (κ2) is 23.5. The van der Waals surface area contributed by atoms with Crippen molar-refractivity contribution in [1.29, 1.82) is 0 Å². The van der Waals surface area contributed by atoms with Gasteiger partial charge in [0.25, 0.3) is 0 Å². The molecule has 1 unspecified atom stereocenters. The van der Waals surface area contributed by atoms with Crippen LogP contribution in [0.25, 0.3) is 44.5 Å². The first-order valence-corrected chi connectivity index (χ1v) is 24.7. The van der Waals surface area contributed by atoms with E-state index in [1.807, 2.05) is 0 Å². The first-order chi connectivity index (χ1) is 29.1. The summed E-state index contributed by atoms with van der Waals surface area (Å²) in [6.07, 6.45) is 20.3. The van der Waals surface area contributed by atoms with Crippen molar-refractivity contribution < 1.29 is 0 Å². The van der Waals surface area contributed by atoms with E-state index < -0.39 is 0 Å². The summed E-state index contributed by atoms with van der Waals surface area (Å²) < 4.78 is 0. The fourth-order valence-corrected chi connectivity index (χ4v) is 9.29. The van der Waals surface area contributed by atoms with Crippen molar-refractivity contribution in [3.63, 3.8) is 0 Å². The molecule has 6 rings (SSSR count). The zero-order valence-corrected chi connectivity index (χ0v) is 41.6. The van der Waals surface area contributed by atoms with Gasteiger partial charge in [0.15, 0.2) is 0 Å². The van der Waals surface area contributed by atoms with Gasteiger partial charge in [-0.05, 0) is 148 Å². The van der Waals surface area contributed by atoms with E-state index in [2.05, 4.69) is 188 Å². The lowest BCUT2D eigenvalue weighted by Gasteiger charge is -2.26. The van der Waals surface area contributed by atoms with E-state index in [-0.39, 0.29) is 10.8 Å². The van der Waals surface area contributed by atoms with E-state index in [0.717, 1.165) is 19.3 Å². The highest BCUT2D eigenvalue weighted by atomic mass is 14.3.